The highest BCUT2D eigenvalue weighted by Gasteiger charge is 2.52. The van der Waals surface area contributed by atoms with Crippen LogP contribution in [0, 0.1) is 5.92 Å². The van der Waals surface area contributed by atoms with Gasteiger partial charge in [-0.1, -0.05) is 110 Å². The summed E-state index contributed by atoms with van der Waals surface area (Å²) in [5.41, 5.74) is 2.49. The third-order valence-electron chi connectivity index (χ3n) is 8.44. The van der Waals surface area contributed by atoms with Gasteiger partial charge in [0.1, 0.15) is 36.5 Å². The van der Waals surface area contributed by atoms with E-state index in [0.29, 0.717) is 26.2 Å². The number of thioether (sulfide) groups is 1. The first-order valence-electron chi connectivity index (χ1n) is 16.4. The molecule has 9 atom stereocenters. The summed E-state index contributed by atoms with van der Waals surface area (Å²) in [5, 5.41) is -0.322. The SMILES string of the molecule is C[C@@H]1/C=C\C[C@@H](CF)S[C@H]2O[C@H]([C@@H]1N[S@](=O)C(C)(C)C)[C@H](OCc1ccccc1)[C@H](OCc1ccccc1)[C@H]2OCc1ccccc1. The lowest BCUT2D eigenvalue weighted by Crippen LogP contribution is -2.66. The summed E-state index contributed by atoms with van der Waals surface area (Å²) in [5.74, 6) is -0.102. The van der Waals surface area contributed by atoms with E-state index < -0.39 is 58.3 Å². The Morgan fingerprint density at radius 1 is 0.809 bits per heavy atom. The van der Waals surface area contributed by atoms with Crippen molar-refractivity contribution >= 4 is 22.7 Å². The highest BCUT2D eigenvalue weighted by Crippen LogP contribution is 2.40. The average Bonchev–Trinajstić information content (AvgIpc) is 3.08. The molecule has 3 aromatic carbocycles. The van der Waals surface area contributed by atoms with Gasteiger partial charge in [-0.25, -0.2) is 13.3 Å². The fraction of sp³-hybridized carbons (Fsp3) is 0.474. The van der Waals surface area contributed by atoms with Gasteiger partial charge in [-0.3, -0.25) is 0 Å². The Morgan fingerprint density at radius 3 is 1.79 bits per heavy atom. The molecule has 0 radical (unpaired) electrons. The van der Waals surface area contributed by atoms with Crippen LogP contribution in [0.3, 0.4) is 0 Å². The van der Waals surface area contributed by atoms with Crippen LogP contribution in [0.25, 0.3) is 0 Å². The first-order chi connectivity index (χ1) is 22.7. The smallest absolute Gasteiger partial charge is 0.133 e. The third kappa shape index (κ3) is 10.1. The van der Waals surface area contributed by atoms with Crippen LogP contribution in [-0.4, -0.2) is 56.8 Å². The van der Waals surface area contributed by atoms with Crippen LogP contribution in [-0.2, 0) is 49.8 Å². The molecule has 1 fully saturated rings. The van der Waals surface area contributed by atoms with Gasteiger partial charge in [0.15, 0.2) is 0 Å². The number of halogens is 1. The van der Waals surface area contributed by atoms with Crippen molar-refractivity contribution in [3.63, 3.8) is 0 Å². The number of allylic oxidation sites excluding steroid dienone is 1. The van der Waals surface area contributed by atoms with Crippen LogP contribution in [0.15, 0.2) is 103 Å². The van der Waals surface area contributed by atoms with Gasteiger partial charge in [-0.15, -0.1) is 11.8 Å². The molecular formula is C38H48FNO5S2. The van der Waals surface area contributed by atoms with Crippen LogP contribution in [0.1, 0.15) is 50.8 Å². The molecule has 0 unspecified atom stereocenters. The normalized spacial score (nSPS) is 29.6. The van der Waals surface area contributed by atoms with Gasteiger partial charge in [-0.2, -0.15) is 0 Å². The van der Waals surface area contributed by atoms with Crippen molar-refractivity contribution in [1.82, 2.24) is 4.72 Å². The minimum atomic E-state index is -1.39. The molecular weight excluding hydrogens is 634 g/mol. The van der Waals surface area contributed by atoms with Crippen LogP contribution in [0.4, 0.5) is 4.39 Å². The number of hydrogen-bond donors (Lipinski definition) is 1. The quantitative estimate of drug-likeness (QED) is 0.199. The lowest BCUT2D eigenvalue weighted by Gasteiger charge is -2.50. The predicted molar refractivity (Wildman–Crippen MR) is 189 cm³/mol. The van der Waals surface area contributed by atoms with Gasteiger partial charge >= 0.3 is 0 Å². The Bertz CT molecular complexity index is 1410. The maximum Gasteiger partial charge on any atom is 0.133 e. The number of rotatable bonds is 12. The molecule has 0 spiro atoms. The zero-order valence-corrected chi connectivity index (χ0v) is 29.3. The van der Waals surface area contributed by atoms with E-state index in [1.807, 2.05) is 118 Å². The van der Waals surface area contributed by atoms with Gasteiger partial charge in [0, 0.05) is 5.25 Å². The molecule has 1 saturated heterocycles. The molecule has 1 N–H and O–H groups in total. The fourth-order valence-corrected chi connectivity index (χ4v) is 7.98. The van der Waals surface area contributed by atoms with Crippen LogP contribution in [0.5, 0.6) is 0 Å². The Balaban J connectivity index is 1.57. The minimum Gasteiger partial charge on any atom is -0.368 e. The molecule has 2 heterocycles. The van der Waals surface area contributed by atoms with E-state index in [1.165, 1.54) is 11.8 Å². The topological polar surface area (TPSA) is 66.0 Å². The van der Waals surface area contributed by atoms with Gasteiger partial charge in [0.25, 0.3) is 0 Å². The molecule has 3 aromatic rings. The molecule has 0 aliphatic carbocycles. The second-order valence-corrected chi connectivity index (χ2v) is 16.6. The summed E-state index contributed by atoms with van der Waals surface area (Å²) in [6.45, 7) is 8.42. The first-order valence-corrected chi connectivity index (χ1v) is 18.5. The Labute approximate surface area is 286 Å². The minimum absolute atomic E-state index is 0.102. The molecule has 254 valence electrons. The summed E-state index contributed by atoms with van der Waals surface area (Å²) < 4.78 is 58.5. The zero-order chi connectivity index (χ0) is 33.2. The van der Waals surface area contributed by atoms with E-state index in [2.05, 4.69) is 17.7 Å². The van der Waals surface area contributed by atoms with Gasteiger partial charge in [0.05, 0.1) is 41.6 Å². The molecule has 0 saturated carbocycles. The zero-order valence-electron chi connectivity index (χ0n) is 27.7. The number of nitrogens with one attached hydrogen (secondary N) is 1. The van der Waals surface area contributed by atoms with E-state index in [4.69, 9.17) is 18.9 Å². The number of fused-ring (bicyclic) bond motifs is 2. The third-order valence-corrected chi connectivity index (χ3v) is 11.4. The van der Waals surface area contributed by atoms with Gasteiger partial charge < -0.3 is 18.9 Å². The van der Waals surface area contributed by atoms with Gasteiger partial charge in [-0.05, 0) is 49.8 Å². The summed E-state index contributed by atoms with van der Waals surface area (Å²) >= 11 is 1.44. The second kappa shape index (κ2) is 17.3. The molecule has 9 heteroatoms. The van der Waals surface area contributed by atoms with Crippen molar-refractivity contribution in [3.8, 4) is 0 Å². The molecule has 47 heavy (non-hydrogen) atoms. The van der Waals surface area contributed by atoms with E-state index in [-0.39, 0.29) is 11.2 Å². The van der Waals surface area contributed by atoms with Crippen LogP contribution >= 0.6 is 11.8 Å². The molecule has 2 aliphatic rings. The lowest BCUT2D eigenvalue weighted by atomic mass is 9.87. The standard InChI is InChI=1S/C38H48FNO5S2/c1-27-15-14-22-31(23-39)46-37-36(44-26-30-20-12-7-13-21-30)35(43-25-29-18-10-6-11-19-29)34(42-24-28-16-8-5-9-17-28)33(45-37)32(27)40-47(41)38(2,3)4/h5-21,27,31-37,40H,22-26H2,1-4H3/b15-14-/t27-,31+,32-,33-,34+,35+,36-,37-,47-/m1/s1. The van der Waals surface area contributed by atoms with E-state index in [0.717, 1.165) is 16.7 Å². The maximum atomic E-state index is 14.5. The Hall–Kier alpha value is -2.37. The summed E-state index contributed by atoms with van der Waals surface area (Å²) in [7, 11) is -1.39. The summed E-state index contributed by atoms with van der Waals surface area (Å²) in [4.78, 5) is 0. The number of hydrogen-bond acceptors (Lipinski definition) is 6. The highest BCUT2D eigenvalue weighted by molar-refractivity contribution is 8.00. The summed E-state index contributed by atoms with van der Waals surface area (Å²) in [6.07, 6.45) is 2.31. The Morgan fingerprint density at radius 2 is 1.30 bits per heavy atom. The molecule has 2 aliphatic heterocycles. The molecule has 0 aromatic heterocycles. The van der Waals surface area contributed by atoms with Crippen LogP contribution in [0.2, 0.25) is 0 Å². The first kappa shape index (κ1) is 35.9. The maximum absolute atomic E-state index is 14.5. The average molecular weight is 682 g/mol. The van der Waals surface area contributed by atoms with Crippen LogP contribution < -0.4 is 4.72 Å². The van der Waals surface area contributed by atoms with Crippen molar-refractivity contribution in [2.75, 3.05) is 6.67 Å². The molecule has 2 bridgehead atoms. The van der Waals surface area contributed by atoms with E-state index in [9.17, 15) is 8.60 Å². The highest BCUT2D eigenvalue weighted by atomic mass is 32.2. The predicted octanol–water partition coefficient (Wildman–Crippen LogP) is 7.56. The monoisotopic (exact) mass is 681 g/mol. The van der Waals surface area contributed by atoms with Crippen molar-refractivity contribution in [2.24, 2.45) is 5.92 Å². The number of ether oxygens (including phenoxy) is 4. The largest absolute Gasteiger partial charge is 0.368 e. The second-order valence-electron chi connectivity index (χ2n) is 13.2. The summed E-state index contributed by atoms with van der Waals surface area (Å²) in [6, 6.07) is 29.6. The van der Waals surface area contributed by atoms with Crippen molar-refractivity contribution in [3.05, 3.63) is 120 Å². The molecule has 5 rings (SSSR count). The van der Waals surface area contributed by atoms with Crippen molar-refractivity contribution in [1.29, 1.82) is 0 Å². The fourth-order valence-electron chi connectivity index (χ4n) is 5.77. The van der Waals surface area contributed by atoms with Gasteiger partial charge in [0.2, 0.25) is 0 Å². The van der Waals surface area contributed by atoms with E-state index in [1.54, 1.807) is 0 Å². The van der Waals surface area contributed by atoms with Crippen molar-refractivity contribution < 1.29 is 27.5 Å². The Kier molecular flexibility index (Phi) is 13.3. The lowest BCUT2D eigenvalue weighted by molar-refractivity contribution is -0.252. The number of benzene rings is 3. The molecule has 6 nitrogen and oxygen atoms in total. The van der Waals surface area contributed by atoms with Crippen molar-refractivity contribution in [2.45, 2.75) is 99.8 Å². The van der Waals surface area contributed by atoms with E-state index >= 15 is 0 Å². The molecule has 0 amide bonds. The number of alkyl halides is 1.